The summed E-state index contributed by atoms with van der Waals surface area (Å²) in [6.45, 7) is 5.39. The molecule has 0 saturated carbocycles. The van der Waals surface area contributed by atoms with Gasteiger partial charge in [-0.25, -0.2) is 8.42 Å². The fourth-order valence-electron chi connectivity index (χ4n) is 2.96. The summed E-state index contributed by atoms with van der Waals surface area (Å²) in [6, 6.07) is 13.2. The van der Waals surface area contributed by atoms with Crippen molar-refractivity contribution in [3.05, 3.63) is 59.8 Å². The molecule has 3 rings (SSSR count). The van der Waals surface area contributed by atoms with Crippen molar-refractivity contribution >= 4 is 32.5 Å². The Bertz CT molecular complexity index is 1190. The van der Waals surface area contributed by atoms with Crippen molar-refractivity contribution in [1.82, 2.24) is 9.29 Å². The van der Waals surface area contributed by atoms with Gasteiger partial charge in [-0.1, -0.05) is 0 Å². The van der Waals surface area contributed by atoms with Crippen LogP contribution in [-0.4, -0.2) is 43.8 Å². The van der Waals surface area contributed by atoms with Gasteiger partial charge < -0.3 is 10.1 Å². The number of fused-ring (bicyclic) bond motifs is 1. The first-order chi connectivity index (χ1) is 14.1. The zero-order valence-electron chi connectivity index (χ0n) is 17.6. The average Bonchev–Trinajstić information content (AvgIpc) is 2.72. The van der Waals surface area contributed by atoms with E-state index in [9.17, 15) is 13.2 Å². The number of amides is 1. The molecule has 0 fully saturated rings. The highest BCUT2D eigenvalue weighted by atomic mass is 32.2. The number of pyridine rings is 1. The molecule has 0 aliphatic heterocycles. The molecule has 1 N–H and O–H groups in total. The van der Waals surface area contributed by atoms with Crippen molar-refractivity contribution in [3.63, 3.8) is 0 Å². The third-order valence-corrected chi connectivity index (χ3v) is 7.02. The first-order valence-corrected chi connectivity index (χ1v) is 10.9. The summed E-state index contributed by atoms with van der Waals surface area (Å²) in [5.74, 6) is 0.363. The van der Waals surface area contributed by atoms with Crippen LogP contribution >= 0.6 is 0 Å². The Morgan fingerprint density at radius 2 is 1.77 bits per heavy atom. The predicted octanol–water partition coefficient (Wildman–Crippen LogP) is 3.83. The van der Waals surface area contributed by atoms with Gasteiger partial charge in [0.15, 0.2) is 0 Å². The molecule has 2 aromatic carbocycles. The van der Waals surface area contributed by atoms with E-state index in [0.29, 0.717) is 22.7 Å². The summed E-state index contributed by atoms with van der Waals surface area (Å²) in [5, 5.41) is 3.60. The van der Waals surface area contributed by atoms with E-state index >= 15 is 0 Å². The maximum atomic E-state index is 12.8. The normalized spacial score (nSPS) is 11.8. The number of methoxy groups -OCH3 is 1. The van der Waals surface area contributed by atoms with Crippen molar-refractivity contribution < 1.29 is 17.9 Å². The predicted molar refractivity (Wildman–Crippen MR) is 118 cm³/mol. The number of aromatic nitrogens is 1. The third-order valence-electron chi connectivity index (χ3n) is 4.97. The molecule has 1 heterocycles. The molecule has 7 nitrogen and oxygen atoms in total. The van der Waals surface area contributed by atoms with E-state index in [1.54, 1.807) is 39.3 Å². The van der Waals surface area contributed by atoms with Crippen LogP contribution in [0.3, 0.4) is 0 Å². The number of benzene rings is 2. The standard InChI is InChI=1S/C22H25N3O4S/c1-14(2)25(4)30(27,28)19-9-6-17(7-10-19)24-22(26)20-13-16-12-18(29-5)8-11-21(16)23-15(20)3/h6-14H,1-5H3,(H,24,26). The summed E-state index contributed by atoms with van der Waals surface area (Å²) in [4.78, 5) is 17.5. The van der Waals surface area contributed by atoms with Gasteiger partial charge in [0.1, 0.15) is 5.75 Å². The second kappa shape index (κ2) is 8.41. The zero-order valence-corrected chi connectivity index (χ0v) is 18.4. The largest absolute Gasteiger partial charge is 0.497 e. The van der Waals surface area contributed by atoms with Crippen LogP contribution in [0.4, 0.5) is 5.69 Å². The van der Waals surface area contributed by atoms with Crippen LogP contribution in [0.2, 0.25) is 0 Å². The van der Waals surface area contributed by atoms with Gasteiger partial charge in [0, 0.05) is 24.2 Å². The summed E-state index contributed by atoms with van der Waals surface area (Å²) in [6.07, 6.45) is 0. The highest BCUT2D eigenvalue weighted by Gasteiger charge is 2.23. The highest BCUT2D eigenvalue weighted by Crippen LogP contribution is 2.23. The molecule has 8 heteroatoms. The van der Waals surface area contributed by atoms with Gasteiger partial charge in [-0.15, -0.1) is 0 Å². The number of aryl methyl sites for hydroxylation is 1. The molecule has 0 unspecified atom stereocenters. The molecule has 0 spiro atoms. The Hall–Kier alpha value is -2.97. The lowest BCUT2D eigenvalue weighted by Gasteiger charge is -2.21. The minimum absolute atomic E-state index is 0.156. The number of hydrogen-bond acceptors (Lipinski definition) is 5. The Morgan fingerprint density at radius 3 is 2.37 bits per heavy atom. The number of nitrogens with one attached hydrogen (secondary N) is 1. The summed E-state index contributed by atoms with van der Waals surface area (Å²) in [7, 11) is -0.450. The molecule has 0 atom stereocenters. The Kier molecular flexibility index (Phi) is 6.09. The van der Waals surface area contributed by atoms with Crippen molar-refractivity contribution in [2.75, 3.05) is 19.5 Å². The van der Waals surface area contributed by atoms with Gasteiger partial charge in [-0.05, 0) is 69.3 Å². The minimum atomic E-state index is -3.57. The van der Waals surface area contributed by atoms with Crippen LogP contribution in [0.15, 0.2) is 53.4 Å². The molecule has 3 aromatic rings. The lowest BCUT2D eigenvalue weighted by Crippen LogP contribution is -2.33. The fraction of sp³-hybridized carbons (Fsp3) is 0.273. The zero-order chi connectivity index (χ0) is 22.1. The molecule has 1 amide bonds. The van der Waals surface area contributed by atoms with Crippen LogP contribution in [0.1, 0.15) is 29.9 Å². The maximum absolute atomic E-state index is 12.8. The molecule has 1 aromatic heterocycles. The first kappa shape index (κ1) is 21.7. The highest BCUT2D eigenvalue weighted by molar-refractivity contribution is 7.89. The topological polar surface area (TPSA) is 88.6 Å². The Balaban J connectivity index is 1.85. The second-order valence-electron chi connectivity index (χ2n) is 7.27. The van der Waals surface area contributed by atoms with Crippen LogP contribution in [0.25, 0.3) is 10.9 Å². The van der Waals surface area contributed by atoms with Gasteiger partial charge in [0.05, 0.1) is 28.8 Å². The number of carbonyl (C=O) groups is 1. The van der Waals surface area contributed by atoms with E-state index in [1.807, 2.05) is 32.0 Å². The number of carbonyl (C=O) groups excluding carboxylic acids is 1. The Labute approximate surface area is 176 Å². The molecule has 0 saturated heterocycles. The smallest absolute Gasteiger partial charge is 0.257 e. The number of ether oxygens (including phenoxy) is 1. The molecular formula is C22H25N3O4S. The average molecular weight is 428 g/mol. The number of sulfonamides is 1. The van der Waals surface area contributed by atoms with E-state index in [0.717, 1.165) is 10.9 Å². The quantitative estimate of drug-likeness (QED) is 0.646. The number of anilines is 1. The molecule has 0 aliphatic rings. The van der Waals surface area contributed by atoms with Gasteiger partial charge in [0.2, 0.25) is 10.0 Å². The van der Waals surface area contributed by atoms with Crippen LogP contribution in [-0.2, 0) is 10.0 Å². The second-order valence-corrected chi connectivity index (χ2v) is 9.27. The number of nitrogens with zero attached hydrogens (tertiary/aromatic N) is 2. The SMILES string of the molecule is COc1ccc2nc(C)c(C(=O)Nc3ccc(S(=O)(=O)N(C)C(C)C)cc3)cc2c1. The fourth-order valence-corrected chi connectivity index (χ4v) is 4.33. The summed E-state index contributed by atoms with van der Waals surface area (Å²) in [5.41, 5.74) is 2.31. The van der Waals surface area contributed by atoms with Gasteiger partial charge >= 0.3 is 0 Å². The maximum Gasteiger partial charge on any atom is 0.257 e. The van der Waals surface area contributed by atoms with Crippen LogP contribution in [0, 0.1) is 6.92 Å². The molecule has 158 valence electrons. The lowest BCUT2D eigenvalue weighted by atomic mass is 10.1. The molecule has 0 radical (unpaired) electrons. The third kappa shape index (κ3) is 4.29. The van der Waals surface area contributed by atoms with Crippen molar-refractivity contribution in [2.24, 2.45) is 0 Å². The monoisotopic (exact) mass is 427 g/mol. The molecular weight excluding hydrogens is 402 g/mol. The number of rotatable bonds is 6. The van der Waals surface area contributed by atoms with Crippen molar-refractivity contribution in [1.29, 1.82) is 0 Å². The van der Waals surface area contributed by atoms with Crippen molar-refractivity contribution in [2.45, 2.75) is 31.7 Å². The first-order valence-electron chi connectivity index (χ1n) is 9.48. The summed E-state index contributed by atoms with van der Waals surface area (Å²) < 4.78 is 31.7. The van der Waals surface area contributed by atoms with Crippen LogP contribution in [0.5, 0.6) is 5.75 Å². The van der Waals surface area contributed by atoms with E-state index in [4.69, 9.17) is 4.74 Å². The van der Waals surface area contributed by atoms with E-state index in [1.165, 1.54) is 16.4 Å². The van der Waals surface area contributed by atoms with Crippen LogP contribution < -0.4 is 10.1 Å². The van der Waals surface area contributed by atoms with E-state index in [-0.39, 0.29) is 16.8 Å². The van der Waals surface area contributed by atoms with Gasteiger partial charge in [0.25, 0.3) is 5.91 Å². The van der Waals surface area contributed by atoms with E-state index in [2.05, 4.69) is 10.3 Å². The van der Waals surface area contributed by atoms with Gasteiger partial charge in [-0.2, -0.15) is 4.31 Å². The lowest BCUT2D eigenvalue weighted by molar-refractivity contribution is 0.102. The molecule has 0 aliphatic carbocycles. The summed E-state index contributed by atoms with van der Waals surface area (Å²) >= 11 is 0. The molecule has 0 bridgehead atoms. The molecule has 30 heavy (non-hydrogen) atoms. The minimum Gasteiger partial charge on any atom is -0.497 e. The van der Waals surface area contributed by atoms with Crippen molar-refractivity contribution in [3.8, 4) is 5.75 Å². The Morgan fingerprint density at radius 1 is 1.10 bits per heavy atom. The van der Waals surface area contributed by atoms with E-state index < -0.39 is 10.0 Å². The number of hydrogen-bond donors (Lipinski definition) is 1. The van der Waals surface area contributed by atoms with Gasteiger partial charge in [-0.3, -0.25) is 9.78 Å².